The third kappa shape index (κ3) is 3.06. The van der Waals surface area contributed by atoms with E-state index < -0.39 is 0 Å². The van der Waals surface area contributed by atoms with E-state index in [1.54, 1.807) is 0 Å². The minimum Gasteiger partial charge on any atom is -0.237 e. The molecule has 0 aliphatic rings. The molecular weight excluding hydrogens is 268 g/mol. The molecule has 2 aromatic carbocycles. The maximum Gasteiger partial charge on any atom is 0.159 e. The van der Waals surface area contributed by atoms with E-state index in [-0.39, 0.29) is 0 Å². The number of aromatic nitrogens is 2. The van der Waals surface area contributed by atoms with Gasteiger partial charge in [0.1, 0.15) is 0 Å². The van der Waals surface area contributed by atoms with Crippen LogP contribution in [0.4, 0.5) is 0 Å². The van der Waals surface area contributed by atoms with Gasteiger partial charge in [0.15, 0.2) is 5.82 Å². The van der Waals surface area contributed by atoms with Crippen molar-refractivity contribution in [2.45, 2.75) is 27.7 Å². The Labute approximate surface area is 131 Å². The van der Waals surface area contributed by atoms with Crippen LogP contribution in [0.2, 0.25) is 0 Å². The normalized spacial score (nSPS) is 10.7. The molecule has 0 N–H and O–H groups in total. The zero-order valence-corrected chi connectivity index (χ0v) is 13.5. The Kier molecular flexibility index (Phi) is 3.76. The highest BCUT2D eigenvalue weighted by Gasteiger charge is 2.06. The number of rotatable bonds is 2. The van der Waals surface area contributed by atoms with Gasteiger partial charge in [0, 0.05) is 17.3 Å². The zero-order chi connectivity index (χ0) is 15.7. The van der Waals surface area contributed by atoms with Crippen LogP contribution in [0.1, 0.15) is 22.3 Å². The predicted octanol–water partition coefficient (Wildman–Crippen LogP) is 5.04. The zero-order valence-electron chi connectivity index (χ0n) is 13.5. The van der Waals surface area contributed by atoms with Gasteiger partial charge in [-0.25, -0.2) is 9.97 Å². The highest BCUT2D eigenvalue weighted by atomic mass is 14.9. The summed E-state index contributed by atoms with van der Waals surface area (Å²) >= 11 is 0. The number of aryl methyl sites for hydroxylation is 4. The van der Waals surface area contributed by atoms with E-state index in [2.05, 4.69) is 69.1 Å². The molecule has 22 heavy (non-hydrogen) atoms. The van der Waals surface area contributed by atoms with Gasteiger partial charge in [-0.1, -0.05) is 34.4 Å². The minimum atomic E-state index is 0.781. The largest absolute Gasteiger partial charge is 0.237 e. The molecule has 0 bridgehead atoms. The van der Waals surface area contributed by atoms with Crippen molar-refractivity contribution in [2.24, 2.45) is 0 Å². The first kappa shape index (κ1) is 14.5. The second-order valence-electron chi connectivity index (χ2n) is 6.02. The van der Waals surface area contributed by atoms with Crippen LogP contribution in [-0.2, 0) is 0 Å². The Bertz CT molecular complexity index is 728. The molecule has 3 rings (SSSR count). The summed E-state index contributed by atoms with van der Waals surface area (Å²) in [6.45, 7) is 8.43. The average molecular weight is 288 g/mol. The fraction of sp³-hybridized carbons (Fsp3) is 0.200. The number of benzene rings is 2. The summed E-state index contributed by atoms with van der Waals surface area (Å²) in [7, 11) is 0. The van der Waals surface area contributed by atoms with Gasteiger partial charge in [0.05, 0.1) is 5.69 Å². The van der Waals surface area contributed by atoms with Crippen LogP contribution in [0.15, 0.2) is 48.7 Å². The van der Waals surface area contributed by atoms with Gasteiger partial charge in [-0.15, -0.1) is 0 Å². The van der Waals surface area contributed by atoms with Crippen molar-refractivity contribution < 1.29 is 0 Å². The summed E-state index contributed by atoms with van der Waals surface area (Å²) in [6.07, 6.45) is 1.84. The van der Waals surface area contributed by atoms with Crippen LogP contribution in [0.25, 0.3) is 22.6 Å². The number of hydrogen-bond donors (Lipinski definition) is 0. The molecule has 0 spiro atoms. The van der Waals surface area contributed by atoms with Gasteiger partial charge in [0.25, 0.3) is 0 Å². The molecular formula is C20H20N2. The second kappa shape index (κ2) is 5.72. The molecule has 0 aliphatic heterocycles. The Balaban J connectivity index is 2.09. The molecule has 1 aromatic heterocycles. The summed E-state index contributed by atoms with van der Waals surface area (Å²) in [5, 5.41) is 0. The highest BCUT2D eigenvalue weighted by Crippen LogP contribution is 2.24. The summed E-state index contributed by atoms with van der Waals surface area (Å²) in [5.41, 5.74) is 8.15. The van der Waals surface area contributed by atoms with Crippen molar-refractivity contribution in [3.63, 3.8) is 0 Å². The Hall–Kier alpha value is -2.48. The van der Waals surface area contributed by atoms with Crippen molar-refractivity contribution in [3.05, 3.63) is 70.9 Å². The van der Waals surface area contributed by atoms with Crippen LogP contribution in [0, 0.1) is 27.7 Å². The van der Waals surface area contributed by atoms with Crippen LogP contribution in [0.3, 0.4) is 0 Å². The molecule has 3 aromatic rings. The van der Waals surface area contributed by atoms with E-state index in [4.69, 9.17) is 4.98 Å². The molecule has 2 heteroatoms. The van der Waals surface area contributed by atoms with Crippen LogP contribution in [-0.4, -0.2) is 9.97 Å². The fourth-order valence-electron chi connectivity index (χ4n) is 2.88. The lowest BCUT2D eigenvalue weighted by Crippen LogP contribution is -1.93. The van der Waals surface area contributed by atoms with E-state index in [9.17, 15) is 0 Å². The molecule has 0 atom stereocenters. The monoisotopic (exact) mass is 288 g/mol. The average Bonchev–Trinajstić information content (AvgIpc) is 2.45. The molecule has 0 radical (unpaired) electrons. The van der Waals surface area contributed by atoms with Gasteiger partial charge in [0.2, 0.25) is 0 Å². The summed E-state index contributed by atoms with van der Waals surface area (Å²) in [5.74, 6) is 0.781. The van der Waals surface area contributed by atoms with E-state index in [0.29, 0.717) is 0 Å². The van der Waals surface area contributed by atoms with E-state index >= 15 is 0 Å². The van der Waals surface area contributed by atoms with Crippen LogP contribution in [0.5, 0.6) is 0 Å². The third-order valence-electron chi connectivity index (χ3n) is 3.65. The van der Waals surface area contributed by atoms with Crippen molar-refractivity contribution >= 4 is 0 Å². The van der Waals surface area contributed by atoms with Crippen molar-refractivity contribution in [2.75, 3.05) is 0 Å². The fourth-order valence-corrected chi connectivity index (χ4v) is 2.88. The first-order valence-corrected chi connectivity index (χ1v) is 7.52. The smallest absolute Gasteiger partial charge is 0.159 e. The quantitative estimate of drug-likeness (QED) is 0.660. The standard InChI is InChI=1S/C20H20N2/c1-13-7-14(2)10-17(9-13)19-5-6-21-20(22-19)18-11-15(3)8-16(4)12-18/h5-12H,1-4H3. The predicted molar refractivity (Wildman–Crippen MR) is 91.9 cm³/mol. The molecule has 0 saturated carbocycles. The third-order valence-corrected chi connectivity index (χ3v) is 3.65. The van der Waals surface area contributed by atoms with Gasteiger partial charge < -0.3 is 0 Å². The molecule has 2 nitrogen and oxygen atoms in total. The van der Waals surface area contributed by atoms with Crippen molar-refractivity contribution in [1.29, 1.82) is 0 Å². The van der Waals surface area contributed by atoms with Crippen molar-refractivity contribution in [1.82, 2.24) is 9.97 Å². The Morgan fingerprint density at radius 1 is 0.636 bits per heavy atom. The SMILES string of the molecule is Cc1cc(C)cc(-c2ccnc(-c3cc(C)cc(C)c3)n2)c1. The first-order chi connectivity index (χ1) is 10.5. The Morgan fingerprint density at radius 2 is 1.14 bits per heavy atom. The van der Waals surface area contributed by atoms with Gasteiger partial charge in [-0.3, -0.25) is 0 Å². The summed E-state index contributed by atoms with van der Waals surface area (Å²) in [4.78, 5) is 9.22. The molecule has 0 fully saturated rings. The maximum atomic E-state index is 4.77. The lowest BCUT2D eigenvalue weighted by Gasteiger charge is -2.08. The second-order valence-corrected chi connectivity index (χ2v) is 6.02. The summed E-state index contributed by atoms with van der Waals surface area (Å²) < 4.78 is 0. The maximum absolute atomic E-state index is 4.77. The van der Waals surface area contributed by atoms with E-state index in [0.717, 1.165) is 22.6 Å². The van der Waals surface area contributed by atoms with E-state index in [1.807, 2.05) is 12.3 Å². The topological polar surface area (TPSA) is 25.8 Å². The molecule has 0 saturated heterocycles. The number of hydrogen-bond acceptors (Lipinski definition) is 2. The summed E-state index contributed by atoms with van der Waals surface area (Å²) in [6, 6.07) is 14.9. The van der Waals surface area contributed by atoms with Crippen molar-refractivity contribution in [3.8, 4) is 22.6 Å². The van der Waals surface area contributed by atoms with Gasteiger partial charge >= 0.3 is 0 Å². The molecule has 1 heterocycles. The van der Waals surface area contributed by atoms with Crippen LogP contribution >= 0.6 is 0 Å². The first-order valence-electron chi connectivity index (χ1n) is 7.52. The van der Waals surface area contributed by atoms with E-state index in [1.165, 1.54) is 22.3 Å². The highest BCUT2D eigenvalue weighted by molar-refractivity contribution is 5.65. The van der Waals surface area contributed by atoms with Gasteiger partial charge in [-0.2, -0.15) is 0 Å². The molecule has 0 aliphatic carbocycles. The van der Waals surface area contributed by atoms with Gasteiger partial charge in [-0.05, 0) is 58.0 Å². The van der Waals surface area contributed by atoms with Crippen LogP contribution < -0.4 is 0 Å². The molecule has 110 valence electrons. The molecule has 0 unspecified atom stereocenters. The lowest BCUT2D eigenvalue weighted by atomic mass is 10.0. The Morgan fingerprint density at radius 3 is 1.68 bits per heavy atom. The lowest BCUT2D eigenvalue weighted by molar-refractivity contribution is 1.17. The number of nitrogens with zero attached hydrogens (tertiary/aromatic N) is 2. The minimum absolute atomic E-state index is 0.781. The molecule has 0 amide bonds.